The molecule has 3 heteroatoms. The summed E-state index contributed by atoms with van der Waals surface area (Å²) >= 11 is 0. The Morgan fingerprint density at radius 2 is 2.06 bits per heavy atom. The summed E-state index contributed by atoms with van der Waals surface area (Å²) in [6.45, 7) is 5.42. The van der Waals surface area contributed by atoms with E-state index in [2.05, 4.69) is 13.8 Å². The van der Waals surface area contributed by atoms with E-state index in [1.807, 2.05) is 18.2 Å². The first kappa shape index (κ1) is 12.9. The molecule has 0 aromatic heterocycles. The summed E-state index contributed by atoms with van der Waals surface area (Å²) in [6.07, 6.45) is 2.59. The molecule has 1 aliphatic rings. The van der Waals surface area contributed by atoms with Gasteiger partial charge in [0.25, 0.3) is 0 Å². The molecule has 2 rings (SSSR count). The molecule has 0 fully saturated rings. The second-order valence-corrected chi connectivity index (χ2v) is 5.04. The Labute approximate surface area is 108 Å². The third-order valence-electron chi connectivity index (χ3n) is 3.05. The van der Waals surface area contributed by atoms with Crippen molar-refractivity contribution in [2.45, 2.75) is 33.1 Å². The van der Waals surface area contributed by atoms with Gasteiger partial charge in [-0.05, 0) is 24.5 Å². The predicted octanol–water partition coefficient (Wildman–Crippen LogP) is 3.47. The summed E-state index contributed by atoms with van der Waals surface area (Å²) in [5.41, 5.74) is 0.663. The van der Waals surface area contributed by atoms with E-state index in [4.69, 9.17) is 9.47 Å². The minimum Gasteiger partial charge on any atom is -0.486 e. The maximum atomic E-state index is 12.2. The molecule has 0 N–H and O–H groups in total. The highest BCUT2D eigenvalue weighted by atomic mass is 16.6. The van der Waals surface area contributed by atoms with Gasteiger partial charge in [0.1, 0.15) is 13.2 Å². The van der Waals surface area contributed by atoms with Crippen molar-refractivity contribution >= 4 is 5.78 Å². The highest BCUT2D eigenvalue weighted by Crippen LogP contribution is 2.34. The summed E-state index contributed by atoms with van der Waals surface area (Å²) in [7, 11) is 0. The van der Waals surface area contributed by atoms with Crippen molar-refractivity contribution in [3.8, 4) is 11.5 Å². The number of carbonyl (C=O) groups is 1. The number of fused-ring (bicyclic) bond motifs is 1. The number of ketones is 1. The van der Waals surface area contributed by atoms with Crippen LogP contribution in [0.25, 0.3) is 0 Å². The van der Waals surface area contributed by atoms with E-state index < -0.39 is 0 Å². The Kier molecular flexibility index (Phi) is 4.24. The maximum Gasteiger partial charge on any atom is 0.172 e. The van der Waals surface area contributed by atoms with Crippen LogP contribution < -0.4 is 9.47 Å². The van der Waals surface area contributed by atoms with Crippen LogP contribution in [-0.2, 0) is 0 Å². The molecule has 1 aromatic carbocycles. The molecular weight excluding hydrogens is 228 g/mol. The van der Waals surface area contributed by atoms with E-state index in [9.17, 15) is 4.79 Å². The Morgan fingerprint density at radius 3 is 2.83 bits per heavy atom. The largest absolute Gasteiger partial charge is 0.486 e. The van der Waals surface area contributed by atoms with Crippen LogP contribution in [0.3, 0.4) is 0 Å². The van der Waals surface area contributed by atoms with Crippen LogP contribution in [0.15, 0.2) is 18.2 Å². The first-order valence-electron chi connectivity index (χ1n) is 6.60. The lowest BCUT2D eigenvalue weighted by Crippen LogP contribution is -2.17. The van der Waals surface area contributed by atoms with Gasteiger partial charge in [-0.3, -0.25) is 4.79 Å². The standard InChI is InChI=1S/C15H20O3/c1-11(2)5-3-7-13(16)12-6-4-8-14-15(12)18-10-9-17-14/h4,6,8,11H,3,5,7,9-10H2,1-2H3. The molecule has 1 aromatic rings. The van der Waals surface area contributed by atoms with Gasteiger partial charge < -0.3 is 9.47 Å². The molecule has 0 spiro atoms. The van der Waals surface area contributed by atoms with Crippen LogP contribution in [0.1, 0.15) is 43.5 Å². The summed E-state index contributed by atoms with van der Waals surface area (Å²) in [5, 5.41) is 0. The third-order valence-corrected chi connectivity index (χ3v) is 3.05. The lowest BCUT2D eigenvalue weighted by atomic mass is 10.0. The number of rotatable bonds is 5. The molecule has 0 saturated carbocycles. The van der Waals surface area contributed by atoms with Crippen LogP contribution in [0.4, 0.5) is 0 Å². The van der Waals surface area contributed by atoms with E-state index >= 15 is 0 Å². The average Bonchev–Trinajstić information content (AvgIpc) is 2.37. The third kappa shape index (κ3) is 3.03. The fourth-order valence-corrected chi connectivity index (χ4v) is 2.10. The van der Waals surface area contributed by atoms with Crippen LogP contribution in [-0.4, -0.2) is 19.0 Å². The molecule has 3 nitrogen and oxygen atoms in total. The smallest absolute Gasteiger partial charge is 0.172 e. The van der Waals surface area contributed by atoms with E-state index in [1.165, 1.54) is 0 Å². The van der Waals surface area contributed by atoms with Crippen molar-refractivity contribution in [3.05, 3.63) is 23.8 Å². The van der Waals surface area contributed by atoms with E-state index in [0.717, 1.165) is 12.8 Å². The number of Topliss-reactive ketones (excluding diaryl/α,β-unsaturated/α-hetero) is 1. The molecular formula is C15H20O3. The zero-order valence-electron chi connectivity index (χ0n) is 11.1. The van der Waals surface area contributed by atoms with Gasteiger partial charge in [-0.25, -0.2) is 0 Å². The van der Waals surface area contributed by atoms with Gasteiger partial charge in [0, 0.05) is 6.42 Å². The first-order chi connectivity index (χ1) is 8.68. The summed E-state index contributed by atoms with van der Waals surface area (Å²) in [5.74, 6) is 2.11. The number of para-hydroxylation sites is 1. The first-order valence-corrected chi connectivity index (χ1v) is 6.60. The van der Waals surface area contributed by atoms with Crippen molar-refractivity contribution in [2.75, 3.05) is 13.2 Å². The van der Waals surface area contributed by atoms with E-state index in [0.29, 0.717) is 42.6 Å². The number of carbonyl (C=O) groups excluding carboxylic acids is 1. The highest BCUT2D eigenvalue weighted by Gasteiger charge is 2.19. The zero-order valence-corrected chi connectivity index (χ0v) is 11.1. The highest BCUT2D eigenvalue weighted by molar-refractivity contribution is 5.99. The van der Waals surface area contributed by atoms with Crippen molar-refractivity contribution in [3.63, 3.8) is 0 Å². The van der Waals surface area contributed by atoms with Crippen molar-refractivity contribution in [1.29, 1.82) is 0 Å². The Balaban J connectivity index is 2.06. The molecule has 0 saturated heterocycles. The molecule has 0 amide bonds. The summed E-state index contributed by atoms with van der Waals surface area (Å²) in [6, 6.07) is 5.52. The quantitative estimate of drug-likeness (QED) is 0.748. The van der Waals surface area contributed by atoms with Gasteiger partial charge >= 0.3 is 0 Å². The number of hydrogen-bond donors (Lipinski definition) is 0. The molecule has 0 aliphatic carbocycles. The Morgan fingerprint density at radius 1 is 1.28 bits per heavy atom. The molecule has 0 radical (unpaired) electrons. The van der Waals surface area contributed by atoms with Gasteiger partial charge in [0.05, 0.1) is 5.56 Å². The van der Waals surface area contributed by atoms with Gasteiger partial charge in [0.2, 0.25) is 0 Å². The van der Waals surface area contributed by atoms with Crippen LogP contribution in [0.2, 0.25) is 0 Å². The molecule has 98 valence electrons. The molecule has 0 unspecified atom stereocenters. The van der Waals surface area contributed by atoms with E-state index in [-0.39, 0.29) is 5.78 Å². The van der Waals surface area contributed by atoms with Crippen molar-refractivity contribution in [2.24, 2.45) is 5.92 Å². The molecule has 1 heterocycles. The minimum absolute atomic E-state index is 0.151. The normalized spacial score (nSPS) is 13.7. The Bertz CT molecular complexity index is 424. The topological polar surface area (TPSA) is 35.5 Å². The van der Waals surface area contributed by atoms with Crippen LogP contribution in [0, 0.1) is 5.92 Å². The van der Waals surface area contributed by atoms with Gasteiger partial charge in [-0.15, -0.1) is 0 Å². The lowest BCUT2D eigenvalue weighted by Gasteiger charge is -2.20. The fourth-order valence-electron chi connectivity index (χ4n) is 2.10. The monoisotopic (exact) mass is 248 g/mol. The zero-order chi connectivity index (χ0) is 13.0. The number of benzene rings is 1. The average molecular weight is 248 g/mol. The summed E-state index contributed by atoms with van der Waals surface area (Å²) < 4.78 is 11.0. The van der Waals surface area contributed by atoms with Crippen molar-refractivity contribution in [1.82, 2.24) is 0 Å². The Hall–Kier alpha value is -1.51. The van der Waals surface area contributed by atoms with Crippen LogP contribution in [0.5, 0.6) is 11.5 Å². The minimum atomic E-state index is 0.151. The van der Waals surface area contributed by atoms with E-state index in [1.54, 1.807) is 0 Å². The lowest BCUT2D eigenvalue weighted by molar-refractivity contribution is 0.0967. The number of hydrogen-bond acceptors (Lipinski definition) is 3. The molecule has 1 aliphatic heterocycles. The second-order valence-electron chi connectivity index (χ2n) is 5.04. The fraction of sp³-hybridized carbons (Fsp3) is 0.533. The van der Waals surface area contributed by atoms with Gasteiger partial charge in [-0.1, -0.05) is 26.3 Å². The van der Waals surface area contributed by atoms with Gasteiger partial charge in [0.15, 0.2) is 17.3 Å². The van der Waals surface area contributed by atoms with Crippen LogP contribution >= 0.6 is 0 Å². The molecule has 0 bridgehead atoms. The molecule has 0 atom stereocenters. The van der Waals surface area contributed by atoms with Crippen molar-refractivity contribution < 1.29 is 14.3 Å². The molecule has 18 heavy (non-hydrogen) atoms. The van der Waals surface area contributed by atoms with Gasteiger partial charge in [-0.2, -0.15) is 0 Å². The summed E-state index contributed by atoms with van der Waals surface area (Å²) in [4.78, 5) is 12.2. The SMILES string of the molecule is CC(C)CCCC(=O)c1cccc2c1OCCO2. The predicted molar refractivity (Wildman–Crippen MR) is 70.5 cm³/mol. The second kappa shape index (κ2) is 5.89. The maximum absolute atomic E-state index is 12.2. The number of ether oxygens (including phenoxy) is 2.